The van der Waals surface area contributed by atoms with Crippen molar-refractivity contribution < 1.29 is 18.3 Å². The van der Waals surface area contributed by atoms with Crippen LogP contribution in [0.15, 0.2) is 9.08 Å². The second kappa shape index (κ2) is 5.27. The van der Waals surface area contributed by atoms with Crippen LogP contribution in [0.2, 0.25) is 0 Å². The molecule has 0 fully saturated rings. The molecule has 1 N–H and O–H groups in total. The van der Waals surface area contributed by atoms with E-state index in [9.17, 15) is 13.6 Å². The Morgan fingerprint density at radius 3 is 2.44 bits per heavy atom. The van der Waals surface area contributed by atoms with Crippen LogP contribution in [-0.4, -0.2) is 24.5 Å². The van der Waals surface area contributed by atoms with E-state index >= 15 is 0 Å². The standard InChI is InChI=1S/C9H9Br2F2NO2/c1-3(8(12)13)4-5(10)6(9(15)16-2)14-7(4)11/h3,8,14H,1-2H3. The average Bonchev–Trinajstić information content (AvgIpc) is 2.52. The SMILES string of the molecule is COC(=O)c1[nH]c(Br)c(C(C)C(F)F)c1Br. The van der Waals surface area contributed by atoms with Crippen LogP contribution in [0.3, 0.4) is 0 Å². The number of hydrogen-bond acceptors (Lipinski definition) is 2. The second-order valence-electron chi connectivity index (χ2n) is 3.16. The number of aromatic amines is 1. The Morgan fingerprint density at radius 1 is 1.44 bits per heavy atom. The number of H-pyrrole nitrogens is 1. The molecule has 1 unspecified atom stereocenters. The van der Waals surface area contributed by atoms with Crippen molar-refractivity contribution in [2.75, 3.05) is 7.11 Å². The topological polar surface area (TPSA) is 42.1 Å². The molecule has 0 aromatic carbocycles. The maximum absolute atomic E-state index is 12.6. The fraction of sp³-hybridized carbons (Fsp3) is 0.444. The summed E-state index contributed by atoms with van der Waals surface area (Å²) in [7, 11) is 1.22. The zero-order chi connectivity index (χ0) is 12.5. The predicted octanol–water partition coefficient (Wildman–Crippen LogP) is 3.69. The van der Waals surface area contributed by atoms with Crippen molar-refractivity contribution in [1.29, 1.82) is 0 Å². The van der Waals surface area contributed by atoms with E-state index in [1.165, 1.54) is 14.0 Å². The fourth-order valence-corrected chi connectivity index (χ4v) is 3.08. The van der Waals surface area contributed by atoms with Gasteiger partial charge in [-0.05, 0) is 31.9 Å². The van der Waals surface area contributed by atoms with E-state index in [0.717, 1.165) is 0 Å². The molecule has 90 valence electrons. The average molecular weight is 361 g/mol. The van der Waals surface area contributed by atoms with Crippen LogP contribution in [0.25, 0.3) is 0 Å². The zero-order valence-corrected chi connectivity index (χ0v) is 11.7. The lowest BCUT2D eigenvalue weighted by atomic mass is 10.1. The van der Waals surface area contributed by atoms with Crippen LogP contribution in [-0.2, 0) is 4.74 Å². The fourth-order valence-electron chi connectivity index (χ4n) is 1.23. The summed E-state index contributed by atoms with van der Waals surface area (Å²) in [5.41, 5.74) is 0.451. The van der Waals surface area contributed by atoms with Crippen LogP contribution >= 0.6 is 31.9 Å². The van der Waals surface area contributed by atoms with Gasteiger partial charge in [-0.15, -0.1) is 0 Å². The molecule has 0 aliphatic heterocycles. The van der Waals surface area contributed by atoms with Crippen LogP contribution in [0.4, 0.5) is 8.78 Å². The number of carbonyl (C=O) groups excluding carboxylic acids is 1. The van der Waals surface area contributed by atoms with Gasteiger partial charge in [-0.1, -0.05) is 6.92 Å². The number of alkyl halides is 2. The summed E-state index contributed by atoms with van der Waals surface area (Å²) in [6, 6.07) is 0. The molecule has 0 aliphatic carbocycles. The molecule has 3 nitrogen and oxygen atoms in total. The van der Waals surface area contributed by atoms with E-state index in [-0.39, 0.29) is 5.69 Å². The molecule has 0 saturated heterocycles. The van der Waals surface area contributed by atoms with Crippen molar-refractivity contribution in [3.05, 3.63) is 20.3 Å². The molecule has 0 aliphatic rings. The molecule has 0 spiro atoms. The summed E-state index contributed by atoms with van der Waals surface area (Å²) < 4.78 is 30.4. The third kappa shape index (κ3) is 2.45. The zero-order valence-electron chi connectivity index (χ0n) is 8.48. The molecule has 0 amide bonds. The van der Waals surface area contributed by atoms with Crippen LogP contribution < -0.4 is 0 Å². The van der Waals surface area contributed by atoms with Crippen LogP contribution in [0, 0.1) is 0 Å². The number of halogens is 4. The first-order valence-electron chi connectivity index (χ1n) is 4.33. The molecule has 1 aromatic heterocycles. The molecular formula is C9H9Br2F2NO2. The summed E-state index contributed by atoms with van der Waals surface area (Å²) in [4.78, 5) is 14.0. The number of carbonyl (C=O) groups is 1. The van der Waals surface area contributed by atoms with Crippen molar-refractivity contribution >= 4 is 37.8 Å². The molecular weight excluding hydrogens is 352 g/mol. The number of methoxy groups -OCH3 is 1. The Labute approximate surface area is 108 Å². The third-order valence-corrected chi connectivity index (χ3v) is 3.60. The molecule has 0 bridgehead atoms. The van der Waals surface area contributed by atoms with E-state index in [0.29, 0.717) is 14.6 Å². The van der Waals surface area contributed by atoms with Gasteiger partial charge < -0.3 is 9.72 Å². The minimum absolute atomic E-state index is 0.122. The maximum atomic E-state index is 12.6. The van der Waals surface area contributed by atoms with Gasteiger partial charge in [0, 0.05) is 11.5 Å². The molecule has 7 heteroatoms. The Hall–Kier alpha value is -0.430. The summed E-state index contributed by atoms with van der Waals surface area (Å²) in [6.45, 7) is 1.38. The Kier molecular flexibility index (Phi) is 4.49. The van der Waals surface area contributed by atoms with Crippen molar-refractivity contribution in [3.8, 4) is 0 Å². The minimum Gasteiger partial charge on any atom is -0.464 e. The minimum atomic E-state index is -2.51. The summed E-state index contributed by atoms with van der Waals surface area (Å²) in [5, 5.41) is 0. The highest BCUT2D eigenvalue weighted by Crippen LogP contribution is 2.37. The van der Waals surface area contributed by atoms with E-state index in [1.54, 1.807) is 0 Å². The van der Waals surface area contributed by atoms with E-state index in [1.807, 2.05) is 0 Å². The van der Waals surface area contributed by atoms with Crippen molar-refractivity contribution in [1.82, 2.24) is 4.98 Å². The van der Waals surface area contributed by atoms with Crippen molar-refractivity contribution in [2.45, 2.75) is 19.3 Å². The Bertz CT molecular complexity index is 406. The van der Waals surface area contributed by atoms with Gasteiger partial charge in [0.2, 0.25) is 6.43 Å². The lowest BCUT2D eigenvalue weighted by molar-refractivity contribution is 0.0593. The van der Waals surface area contributed by atoms with Gasteiger partial charge in [-0.3, -0.25) is 0 Å². The molecule has 1 aromatic rings. The summed E-state index contributed by atoms with van der Waals surface area (Å²) in [5.74, 6) is -1.60. The Balaban J connectivity index is 3.22. The smallest absolute Gasteiger partial charge is 0.355 e. The Morgan fingerprint density at radius 2 is 2.00 bits per heavy atom. The van der Waals surface area contributed by atoms with Crippen molar-refractivity contribution in [2.24, 2.45) is 0 Å². The van der Waals surface area contributed by atoms with Gasteiger partial charge in [0.25, 0.3) is 0 Å². The number of rotatable bonds is 3. The number of ether oxygens (including phenoxy) is 1. The summed E-state index contributed by atoms with van der Waals surface area (Å²) in [6.07, 6.45) is -2.51. The number of hydrogen-bond donors (Lipinski definition) is 1. The van der Waals surface area contributed by atoms with Gasteiger partial charge in [0.05, 0.1) is 16.2 Å². The lowest BCUT2D eigenvalue weighted by Crippen LogP contribution is -2.06. The summed E-state index contributed by atoms with van der Waals surface area (Å²) >= 11 is 6.22. The van der Waals surface area contributed by atoms with Gasteiger partial charge in [-0.25, -0.2) is 13.6 Å². The van der Waals surface area contributed by atoms with Gasteiger partial charge in [0.15, 0.2) is 0 Å². The first-order chi connectivity index (χ1) is 7.40. The van der Waals surface area contributed by atoms with Crippen LogP contribution in [0.1, 0.15) is 28.9 Å². The molecule has 16 heavy (non-hydrogen) atoms. The first-order valence-corrected chi connectivity index (χ1v) is 5.92. The monoisotopic (exact) mass is 359 g/mol. The highest BCUT2D eigenvalue weighted by atomic mass is 79.9. The van der Waals surface area contributed by atoms with Crippen molar-refractivity contribution in [3.63, 3.8) is 0 Å². The maximum Gasteiger partial charge on any atom is 0.355 e. The van der Waals surface area contributed by atoms with E-state index < -0.39 is 18.3 Å². The second-order valence-corrected chi connectivity index (χ2v) is 4.74. The van der Waals surface area contributed by atoms with Gasteiger partial charge in [-0.2, -0.15) is 0 Å². The lowest BCUT2D eigenvalue weighted by Gasteiger charge is -2.09. The molecule has 0 saturated carbocycles. The van der Waals surface area contributed by atoms with Crippen LogP contribution in [0.5, 0.6) is 0 Å². The third-order valence-electron chi connectivity index (χ3n) is 2.15. The first kappa shape index (κ1) is 13.6. The molecule has 1 rings (SSSR count). The quantitative estimate of drug-likeness (QED) is 0.835. The normalized spacial score (nSPS) is 12.9. The molecule has 1 atom stereocenters. The van der Waals surface area contributed by atoms with E-state index in [4.69, 9.17) is 0 Å². The number of nitrogens with one attached hydrogen (secondary N) is 1. The van der Waals surface area contributed by atoms with Gasteiger partial charge >= 0.3 is 5.97 Å². The molecule has 1 heterocycles. The largest absolute Gasteiger partial charge is 0.464 e. The highest BCUT2D eigenvalue weighted by molar-refractivity contribution is 9.11. The van der Waals surface area contributed by atoms with Gasteiger partial charge in [0.1, 0.15) is 5.69 Å². The number of esters is 1. The predicted molar refractivity (Wildman–Crippen MR) is 62.0 cm³/mol. The number of aromatic nitrogens is 1. The van der Waals surface area contributed by atoms with E-state index in [2.05, 4.69) is 41.6 Å². The molecule has 0 radical (unpaired) electrons. The highest BCUT2D eigenvalue weighted by Gasteiger charge is 2.28.